The summed E-state index contributed by atoms with van der Waals surface area (Å²) >= 11 is 0. The lowest BCUT2D eigenvalue weighted by atomic mass is 9.95. The van der Waals surface area contributed by atoms with E-state index in [1.165, 1.54) is 0 Å². The number of rotatable bonds is 4. The van der Waals surface area contributed by atoms with Crippen molar-refractivity contribution < 1.29 is 9.53 Å². The minimum Gasteiger partial charge on any atom is -0.497 e. The molecule has 1 aromatic carbocycles. The molecule has 1 aliphatic rings. The second-order valence-electron chi connectivity index (χ2n) is 6.08. The molecule has 122 valence electrons. The van der Waals surface area contributed by atoms with E-state index in [4.69, 9.17) is 4.74 Å². The largest absolute Gasteiger partial charge is 0.497 e. The number of nitrogens with zero attached hydrogens (tertiary/aromatic N) is 3. The molecule has 6 heteroatoms. The van der Waals surface area contributed by atoms with E-state index in [0.29, 0.717) is 6.42 Å². The van der Waals surface area contributed by atoms with Crippen molar-refractivity contribution in [2.24, 2.45) is 7.05 Å². The summed E-state index contributed by atoms with van der Waals surface area (Å²) in [5, 5.41) is 11.3. The smallest absolute Gasteiger partial charge is 0.224 e. The average Bonchev–Trinajstić information content (AvgIpc) is 2.90. The number of aromatic nitrogens is 3. The molecule has 1 aliphatic carbocycles. The van der Waals surface area contributed by atoms with Crippen molar-refractivity contribution in [2.75, 3.05) is 7.11 Å². The number of aryl methyl sites for hydroxylation is 3. The molecule has 3 rings (SSSR count). The van der Waals surface area contributed by atoms with Crippen molar-refractivity contribution in [3.63, 3.8) is 0 Å². The van der Waals surface area contributed by atoms with Crippen LogP contribution in [0.3, 0.4) is 0 Å². The number of amides is 1. The number of hydrogen-bond donors (Lipinski definition) is 1. The van der Waals surface area contributed by atoms with Gasteiger partial charge in [0.05, 0.1) is 24.9 Å². The summed E-state index contributed by atoms with van der Waals surface area (Å²) < 4.78 is 7.01. The second kappa shape index (κ2) is 6.40. The maximum atomic E-state index is 12.3. The van der Waals surface area contributed by atoms with Crippen molar-refractivity contribution in [3.05, 3.63) is 40.7 Å². The topological polar surface area (TPSA) is 69.0 Å². The Labute approximate surface area is 135 Å². The lowest BCUT2D eigenvalue weighted by Crippen LogP contribution is -2.40. The Morgan fingerprint density at radius 1 is 1.48 bits per heavy atom. The van der Waals surface area contributed by atoms with Crippen LogP contribution < -0.4 is 10.1 Å². The molecular formula is C17H22N4O2. The summed E-state index contributed by atoms with van der Waals surface area (Å²) in [6.45, 7) is 2.00. The predicted octanol–water partition coefficient (Wildman–Crippen LogP) is 1.35. The zero-order valence-corrected chi connectivity index (χ0v) is 13.8. The van der Waals surface area contributed by atoms with Crippen LogP contribution in [0.15, 0.2) is 18.2 Å². The van der Waals surface area contributed by atoms with Crippen LogP contribution in [0.25, 0.3) is 0 Å². The van der Waals surface area contributed by atoms with Crippen LogP contribution in [0.5, 0.6) is 5.75 Å². The number of benzene rings is 1. The van der Waals surface area contributed by atoms with Crippen molar-refractivity contribution >= 4 is 5.91 Å². The fourth-order valence-electron chi connectivity index (χ4n) is 3.08. The average molecular weight is 314 g/mol. The van der Waals surface area contributed by atoms with E-state index >= 15 is 0 Å². The zero-order valence-electron chi connectivity index (χ0n) is 13.8. The fraction of sp³-hybridized carbons (Fsp3) is 0.471. The molecule has 1 aromatic heterocycles. The molecule has 0 radical (unpaired) electrons. The lowest BCUT2D eigenvalue weighted by Gasteiger charge is -2.23. The highest BCUT2D eigenvalue weighted by Crippen LogP contribution is 2.20. The van der Waals surface area contributed by atoms with Crippen LogP contribution in [-0.4, -0.2) is 34.1 Å². The van der Waals surface area contributed by atoms with Gasteiger partial charge in [-0.25, -0.2) is 0 Å². The Morgan fingerprint density at radius 2 is 2.30 bits per heavy atom. The molecule has 1 atom stereocenters. The second-order valence-corrected chi connectivity index (χ2v) is 6.08. The molecule has 0 aliphatic heterocycles. The van der Waals surface area contributed by atoms with Gasteiger partial charge in [-0.15, -0.1) is 5.10 Å². The van der Waals surface area contributed by atoms with Gasteiger partial charge in [0.25, 0.3) is 0 Å². The van der Waals surface area contributed by atoms with Crippen molar-refractivity contribution in [2.45, 2.75) is 38.6 Å². The standard InChI is InChI=1S/C17H22N4O2/c1-11-8-14(23-3)6-4-12(11)9-17(22)18-13-5-7-15-16(10-13)21(2)20-19-15/h4,6,8,13H,5,7,9-10H2,1-3H3,(H,18,22)/t13-/m0/s1. The molecule has 0 saturated carbocycles. The summed E-state index contributed by atoms with van der Waals surface area (Å²) in [5.41, 5.74) is 4.29. The Hall–Kier alpha value is -2.37. The molecule has 2 aromatic rings. The normalized spacial score (nSPS) is 16.7. The van der Waals surface area contributed by atoms with E-state index in [-0.39, 0.29) is 11.9 Å². The van der Waals surface area contributed by atoms with E-state index in [1.54, 1.807) is 11.8 Å². The van der Waals surface area contributed by atoms with Gasteiger partial charge in [0.1, 0.15) is 5.75 Å². The number of ether oxygens (including phenoxy) is 1. The summed E-state index contributed by atoms with van der Waals surface area (Å²) in [7, 11) is 3.54. The summed E-state index contributed by atoms with van der Waals surface area (Å²) in [5.74, 6) is 0.872. The molecular weight excluding hydrogens is 292 g/mol. The van der Waals surface area contributed by atoms with Gasteiger partial charge >= 0.3 is 0 Å². The molecule has 1 heterocycles. The first-order valence-electron chi connectivity index (χ1n) is 7.87. The summed E-state index contributed by atoms with van der Waals surface area (Å²) in [6, 6.07) is 5.96. The predicted molar refractivity (Wildman–Crippen MR) is 86.4 cm³/mol. The van der Waals surface area contributed by atoms with E-state index < -0.39 is 0 Å². The number of fused-ring (bicyclic) bond motifs is 1. The maximum Gasteiger partial charge on any atom is 0.224 e. The van der Waals surface area contributed by atoms with Gasteiger partial charge < -0.3 is 10.1 Å². The van der Waals surface area contributed by atoms with Crippen LogP contribution in [0, 0.1) is 6.92 Å². The van der Waals surface area contributed by atoms with Crippen LogP contribution in [0.2, 0.25) is 0 Å². The van der Waals surface area contributed by atoms with E-state index in [2.05, 4.69) is 15.6 Å². The van der Waals surface area contributed by atoms with E-state index in [0.717, 1.165) is 47.5 Å². The third kappa shape index (κ3) is 3.36. The Kier molecular flexibility index (Phi) is 4.32. The lowest BCUT2D eigenvalue weighted by molar-refractivity contribution is -0.121. The number of methoxy groups -OCH3 is 1. The number of carbonyl (C=O) groups excluding carboxylic acids is 1. The first-order valence-corrected chi connectivity index (χ1v) is 7.87. The molecule has 0 spiro atoms. The zero-order chi connectivity index (χ0) is 16.4. The Bertz CT molecular complexity index is 723. The first-order chi connectivity index (χ1) is 11.1. The van der Waals surface area contributed by atoms with Gasteiger partial charge in [-0.1, -0.05) is 11.3 Å². The minimum absolute atomic E-state index is 0.0573. The number of hydrogen-bond acceptors (Lipinski definition) is 4. The highest BCUT2D eigenvalue weighted by Gasteiger charge is 2.24. The van der Waals surface area contributed by atoms with Crippen LogP contribution in [0.1, 0.15) is 28.9 Å². The van der Waals surface area contributed by atoms with Crippen LogP contribution in [-0.2, 0) is 31.1 Å². The molecule has 6 nitrogen and oxygen atoms in total. The number of carbonyl (C=O) groups is 1. The van der Waals surface area contributed by atoms with Crippen LogP contribution >= 0.6 is 0 Å². The third-order valence-corrected chi connectivity index (χ3v) is 4.46. The van der Waals surface area contributed by atoms with Crippen LogP contribution in [0.4, 0.5) is 0 Å². The van der Waals surface area contributed by atoms with E-state index in [1.807, 2.05) is 32.2 Å². The number of nitrogens with one attached hydrogen (secondary N) is 1. The van der Waals surface area contributed by atoms with Crippen molar-refractivity contribution in [1.29, 1.82) is 0 Å². The highest BCUT2D eigenvalue weighted by molar-refractivity contribution is 5.79. The molecule has 23 heavy (non-hydrogen) atoms. The van der Waals surface area contributed by atoms with Gasteiger partial charge in [0.2, 0.25) is 5.91 Å². The third-order valence-electron chi connectivity index (χ3n) is 4.46. The molecule has 0 bridgehead atoms. The van der Waals surface area contributed by atoms with Gasteiger partial charge in [0.15, 0.2) is 0 Å². The monoisotopic (exact) mass is 314 g/mol. The molecule has 1 amide bonds. The SMILES string of the molecule is COc1ccc(CC(=O)N[C@H]2CCc3nnn(C)c3C2)c(C)c1. The van der Waals surface area contributed by atoms with Gasteiger partial charge in [-0.3, -0.25) is 9.48 Å². The molecule has 1 N–H and O–H groups in total. The van der Waals surface area contributed by atoms with Crippen molar-refractivity contribution in [1.82, 2.24) is 20.3 Å². The van der Waals surface area contributed by atoms with E-state index in [9.17, 15) is 4.79 Å². The minimum atomic E-state index is 0.0573. The molecule has 0 saturated heterocycles. The first kappa shape index (κ1) is 15.5. The highest BCUT2D eigenvalue weighted by atomic mass is 16.5. The quantitative estimate of drug-likeness (QED) is 0.925. The Balaban J connectivity index is 1.61. The summed E-state index contributed by atoms with van der Waals surface area (Å²) in [6.07, 6.45) is 2.98. The molecule has 0 fully saturated rings. The van der Waals surface area contributed by atoms with Crippen molar-refractivity contribution in [3.8, 4) is 5.75 Å². The Morgan fingerprint density at radius 3 is 3.04 bits per heavy atom. The summed E-state index contributed by atoms with van der Waals surface area (Å²) in [4.78, 5) is 12.3. The fourth-order valence-corrected chi connectivity index (χ4v) is 3.08. The van der Waals surface area contributed by atoms with Gasteiger partial charge in [-0.05, 0) is 43.0 Å². The molecule has 0 unspecified atom stereocenters. The maximum absolute atomic E-state index is 12.3. The van der Waals surface area contributed by atoms with Gasteiger partial charge in [-0.2, -0.15) is 0 Å². The van der Waals surface area contributed by atoms with Gasteiger partial charge in [0, 0.05) is 19.5 Å².